The van der Waals surface area contributed by atoms with Crippen molar-refractivity contribution < 1.29 is 14.3 Å². The highest BCUT2D eigenvalue weighted by molar-refractivity contribution is 6.05. The number of amides is 2. The minimum Gasteiger partial charge on any atom is -0.487 e. The lowest BCUT2D eigenvalue weighted by Crippen LogP contribution is -2.15. The van der Waals surface area contributed by atoms with Crippen LogP contribution in [0.15, 0.2) is 72.8 Å². The van der Waals surface area contributed by atoms with Gasteiger partial charge in [-0.25, -0.2) is 0 Å². The molecule has 1 saturated carbocycles. The summed E-state index contributed by atoms with van der Waals surface area (Å²) in [6.07, 6.45) is 0.942. The highest BCUT2D eigenvalue weighted by Gasteiger charge is 2.39. The lowest BCUT2D eigenvalue weighted by molar-refractivity contribution is -0.117. The molecule has 0 aromatic heterocycles. The van der Waals surface area contributed by atoms with Crippen molar-refractivity contribution >= 4 is 23.2 Å². The smallest absolute Gasteiger partial charge is 0.255 e. The van der Waals surface area contributed by atoms with Gasteiger partial charge in [-0.1, -0.05) is 43.3 Å². The van der Waals surface area contributed by atoms with Crippen LogP contribution in [0.1, 0.15) is 34.8 Å². The molecule has 4 rings (SSSR count). The average molecular weight is 415 g/mol. The van der Waals surface area contributed by atoms with Crippen LogP contribution in [-0.4, -0.2) is 11.8 Å². The van der Waals surface area contributed by atoms with E-state index < -0.39 is 0 Å². The summed E-state index contributed by atoms with van der Waals surface area (Å²) in [6, 6.07) is 22.5. The Labute approximate surface area is 182 Å². The predicted molar refractivity (Wildman–Crippen MR) is 122 cm³/mol. The zero-order valence-electron chi connectivity index (χ0n) is 17.7. The van der Waals surface area contributed by atoms with Crippen LogP contribution in [0.4, 0.5) is 11.4 Å². The predicted octanol–water partition coefficient (Wildman–Crippen LogP) is 5.42. The summed E-state index contributed by atoms with van der Waals surface area (Å²) in [5, 5.41) is 5.84. The lowest BCUT2D eigenvalue weighted by Gasteiger charge is -2.14. The third-order valence-electron chi connectivity index (χ3n) is 5.48. The normalized spacial score (nSPS) is 17.0. The Morgan fingerprint density at radius 2 is 1.68 bits per heavy atom. The summed E-state index contributed by atoms with van der Waals surface area (Å²) in [7, 11) is 0. The second kappa shape index (κ2) is 9.04. The van der Waals surface area contributed by atoms with Gasteiger partial charge in [0.2, 0.25) is 5.91 Å². The van der Waals surface area contributed by atoms with Crippen molar-refractivity contribution in [2.24, 2.45) is 11.8 Å². The fourth-order valence-electron chi connectivity index (χ4n) is 3.41. The minimum atomic E-state index is -0.234. The van der Waals surface area contributed by atoms with Gasteiger partial charge in [0, 0.05) is 17.2 Å². The van der Waals surface area contributed by atoms with Crippen LogP contribution in [0, 0.1) is 18.8 Å². The van der Waals surface area contributed by atoms with E-state index in [2.05, 4.69) is 17.6 Å². The van der Waals surface area contributed by atoms with Crippen molar-refractivity contribution in [1.29, 1.82) is 0 Å². The Morgan fingerprint density at radius 1 is 0.968 bits per heavy atom. The minimum absolute atomic E-state index is 0.0459. The maximum atomic E-state index is 12.8. The quantitative estimate of drug-likeness (QED) is 0.542. The van der Waals surface area contributed by atoms with E-state index in [1.807, 2.05) is 55.5 Å². The summed E-state index contributed by atoms with van der Waals surface area (Å²) >= 11 is 0. The number of rotatable bonds is 7. The molecule has 1 fully saturated rings. The molecule has 5 heteroatoms. The van der Waals surface area contributed by atoms with E-state index in [0.29, 0.717) is 35.2 Å². The van der Waals surface area contributed by atoms with E-state index in [4.69, 9.17) is 4.74 Å². The van der Waals surface area contributed by atoms with E-state index in [9.17, 15) is 9.59 Å². The third kappa shape index (κ3) is 5.31. The maximum absolute atomic E-state index is 12.8. The number of anilines is 2. The third-order valence-corrected chi connectivity index (χ3v) is 5.48. The van der Waals surface area contributed by atoms with Gasteiger partial charge in [-0.3, -0.25) is 9.59 Å². The summed E-state index contributed by atoms with van der Waals surface area (Å²) < 4.78 is 5.98. The highest BCUT2D eigenvalue weighted by atomic mass is 16.5. The van der Waals surface area contributed by atoms with Crippen molar-refractivity contribution in [2.45, 2.75) is 26.9 Å². The molecule has 2 N–H and O–H groups in total. The number of hydrogen-bond acceptors (Lipinski definition) is 3. The second-order valence-corrected chi connectivity index (χ2v) is 8.11. The van der Waals surface area contributed by atoms with Gasteiger partial charge in [0.1, 0.15) is 12.4 Å². The Hall–Kier alpha value is -3.60. The van der Waals surface area contributed by atoms with Gasteiger partial charge >= 0.3 is 0 Å². The summed E-state index contributed by atoms with van der Waals surface area (Å²) in [6.45, 7) is 4.47. The summed E-state index contributed by atoms with van der Waals surface area (Å²) in [5.74, 6) is 1.00. The molecule has 2 amide bonds. The molecule has 3 aromatic rings. The summed E-state index contributed by atoms with van der Waals surface area (Å²) in [4.78, 5) is 24.8. The number of ether oxygens (including phenoxy) is 1. The van der Waals surface area contributed by atoms with E-state index in [-0.39, 0.29) is 17.7 Å². The van der Waals surface area contributed by atoms with Gasteiger partial charge in [-0.05, 0) is 66.8 Å². The van der Waals surface area contributed by atoms with Crippen LogP contribution < -0.4 is 15.4 Å². The summed E-state index contributed by atoms with van der Waals surface area (Å²) in [5.41, 5.74) is 3.92. The van der Waals surface area contributed by atoms with Crippen LogP contribution in [0.25, 0.3) is 0 Å². The maximum Gasteiger partial charge on any atom is 0.255 e. The molecule has 158 valence electrons. The first-order chi connectivity index (χ1) is 15.0. The SMILES string of the molecule is Cc1ccc(NC(=O)c2ccc(NC(=O)C3CC3C)cc2)c(OCc2ccccc2)c1. The monoisotopic (exact) mass is 414 g/mol. The zero-order chi connectivity index (χ0) is 21.8. The molecule has 3 aromatic carbocycles. The number of carbonyl (C=O) groups is 2. The van der Waals surface area contributed by atoms with Gasteiger partial charge in [0.15, 0.2) is 0 Å². The van der Waals surface area contributed by atoms with Crippen molar-refractivity contribution in [3.63, 3.8) is 0 Å². The molecule has 0 radical (unpaired) electrons. The molecule has 2 atom stereocenters. The van der Waals surface area contributed by atoms with E-state index in [1.54, 1.807) is 24.3 Å². The molecule has 1 aliphatic rings. The molecule has 0 heterocycles. The average Bonchev–Trinajstić information content (AvgIpc) is 3.52. The molecule has 0 spiro atoms. The van der Waals surface area contributed by atoms with Gasteiger partial charge in [0.05, 0.1) is 5.69 Å². The van der Waals surface area contributed by atoms with Crippen molar-refractivity contribution in [3.05, 3.63) is 89.5 Å². The molecule has 5 nitrogen and oxygen atoms in total. The van der Waals surface area contributed by atoms with Crippen LogP contribution >= 0.6 is 0 Å². The first kappa shape index (κ1) is 20.7. The molecule has 0 bridgehead atoms. The zero-order valence-corrected chi connectivity index (χ0v) is 17.7. The molecular formula is C26H26N2O3. The molecule has 31 heavy (non-hydrogen) atoms. The largest absolute Gasteiger partial charge is 0.487 e. The Bertz CT molecular complexity index is 1080. The first-order valence-corrected chi connectivity index (χ1v) is 10.5. The Morgan fingerprint density at radius 3 is 2.35 bits per heavy atom. The molecule has 0 aliphatic heterocycles. The molecule has 0 saturated heterocycles. The van der Waals surface area contributed by atoms with Crippen LogP contribution in [-0.2, 0) is 11.4 Å². The van der Waals surface area contributed by atoms with E-state index in [1.165, 1.54) is 0 Å². The van der Waals surface area contributed by atoms with Crippen LogP contribution in [0.2, 0.25) is 0 Å². The van der Waals surface area contributed by atoms with Crippen molar-refractivity contribution in [2.75, 3.05) is 10.6 Å². The number of hydrogen-bond donors (Lipinski definition) is 2. The van der Waals surface area contributed by atoms with E-state index in [0.717, 1.165) is 17.5 Å². The second-order valence-electron chi connectivity index (χ2n) is 8.11. The number of nitrogens with one attached hydrogen (secondary N) is 2. The van der Waals surface area contributed by atoms with Gasteiger partial charge in [0.25, 0.3) is 5.91 Å². The Balaban J connectivity index is 1.41. The topological polar surface area (TPSA) is 67.4 Å². The van der Waals surface area contributed by atoms with E-state index >= 15 is 0 Å². The number of benzene rings is 3. The van der Waals surface area contributed by atoms with Crippen LogP contribution in [0.5, 0.6) is 5.75 Å². The first-order valence-electron chi connectivity index (χ1n) is 10.5. The lowest BCUT2D eigenvalue weighted by atomic mass is 10.1. The molecular weight excluding hydrogens is 388 g/mol. The standard InChI is InChI=1S/C26H26N2O3/c1-17-8-13-23(24(14-17)31-16-19-6-4-3-5-7-19)28-25(29)20-9-11-21(12-10-20)27-26(30)22-15-18(22)2/h3-14,18,22H,15-16H2,1-2H3,(H,27,30)(H,28,29). The van der Waals surface area contributed by atoms with Crippen molar-refractivity contribution in [3.8, 4) is 5.75 Å². The van der Waals surface area contributed by atoms with Crippen molar-refractivity contribution in [1.82, 2.24) is 0 Å². The fraction of sp³-hybridized carbons (Fsp3) is 0.231. The van der Waals surface area contributed by atoms with Gasteiger partial charge in [-0.2, -0.15) is 0 Å². The van der Waals surface area contributed by atoms with Crippen LogP contribution in [0.3, 0.4) is 0 Å². The fourth-order valence-corrected chi connectivity index (χ4v) is 3.41. The van der Waals surface area contributed by atoms with Gasteiger partial charge in [-0.15, -0.1) is 0 Å². The van der Waals surface area contributed by atoms with Gasteiger partial charge < -0.3 is 15.4 Å². The Kier molecular flexibility index (Phi) is 6.03. The number of carbonyl (C=O) groups excluding carboxylic acids is 2. The molecule has 2 unspecified atom stereocenters. The highest BCUT2D eigenvalue weighted by Crippen LogP contribution is 2.38. The number of aryl methyl sites for hydroxylation is 1. The molecule has 1 aliphatic carbocycles.